The Bertz CT molecular complexity index is 276. The number of hydrogen-bond acceptors (Lipinski definition) is 3. The van der Waals surface area contributed by atoms with Gasteiger partial charge in [0.15, 0.2) is 0 Å². The number of hydrogen-bond donors (Lipinski definition) is 2. The van der Waals surface area contributed by atoms with Gasteiger partial charge in [0.05, 0.1) is 5.02 Å². The van der Waals surface area contributed by atoms with Crippen LogP contribution < -0.4 is 0 Å². The van der Waals surface area contributed by atoms with Gasteiger partial charge in [-0.3, -0.25) is 0 Å². The number of aromatic hydroxyl groups is 1. The summed E-state index contributed by atoms with van der Waals surface area (Å²) in [5.74, 6) is 0.0565. The second-order valence-electron chi connectivity index (χ2n) is 2.60. The molecule has 4 heteroatoms. The highest BCUT2D eigenvalue weighted by Crippen LogP contribution is 2.23. The van der Waals surface area contributed by atoms with Crippen LogP contribution in [0.4, 0.5) is 0 Å². The summed E-state index contributed by atoms with van der Waals surface area (Å²) in [6, 6.07) is 4.82. The van der Waals surface area contributed by atoms with Gasteiger partial charge in [-0.05, 0) is 17.7 Å². The van der Waals surface area contributed by atoms with Gasteiger partial charge in [-0.15, -0.1) is 0 Å². The van der Waals surface area contributed by atoms with Gasteiger partial charge in [-0.1, -0.05) is 17.7 Å². The van der Waals surface area contributed by atoms with Crippen LogP contribution >= 0.6 is 11.6 Å². The van der Waals surface area contributed by atoms with Crippen molar-refractivity contribution in [1.82, 2.24) is 5.06 Å². The van der Waals surface area contributed by atoms with E-state index in [2.05, 4.69) is 0 Å². The van der Waals surface area contributed by atoms with Gasteiger partial charge < -0.3 is 10.3 Å². The molecule has 0 saturated heterocycles. The Morgan fingerprint density at radius 3 is 2.67 bits per heavy atom. The van der Waals surface area contributed by atoms with Crippen molar-refractivity contribution in [3.8, 4) is 5.75 Å². The summed E-state index contributed by atoms with van der Waals surface area (Å²) in [6.07, 6.45) is 0. The molecule has 0 radical (unpaired) electrons. The van der Waals surface area contributed by atoms with Crippen LogP contribution in [0.3, 0.4) is 0 Å². The molecule has 0 bridgehead atoms. The molecule has 0 amide bonds. The molecule has 0 aromatic heterocycles. The molecule has 2 N–H and O–H groups in total. The second-order valence-corrected chi connectivity index (χ2v) is 3.01. The Balaban J connectivity index is 2.82. The van der Waals surface area contributed by atoms with Gasteiger partial charge >= 0.3 is 0 Å². The zero-order valence-electron chi connectivity index (χ0n) is 6.66. The van der Waals surface area contributed by atoms with Crippen molar-refractivity contribution in [1.29, 1.82) is 0 Å². The molecule has 0 saturated carbocycles. The Morgan fingerprint density at radius 2 is 2.17 bits per heavy atom. The van der Waals surface area contributed by atoms with E-state index in [1.165, 1.54) is 6.07 Å². The molecular formula is C8H10ClNO2. The SMILES string of the molecule is CN(O)Cc1ccc(O)c(Cl)c1. The predicted octanol–water partition coefficient (Wildman–Crippen LogP) is 1.87. The van der Waals surface area contributed by atoms with E-state index >= 15 is 0 Å². The van der Waals surface area contributed by atoms with E-state index in [1.807, 2.05) is 0 Å². The molecule has 0 aliphatic rings. The van der Waals surface area contributed by atoms with Gasteiger partial charge in [0.2, 0.25) is 0 Å². The highest BCUT2D eigenvalue weighted by atomic mass is 35.5. The number of phenols is 1. The second kappa shape index (κ2) is 3.76. The monoisotopic (exact) mass is 187 g/mol. The van der Waals surface area contributed by atoms with E-state index in [0.29, 0.717) is 11.6 Å². The van der Waals surface area contributed by atoms with Crippen molar-refractivity contribution in [2.45, 2.75) is 6.54 Å². The van der Waals surface area contributed by atoms with Crippen molar-refractivity contribution in [2.24, 2.45) is 0 Å². The molecule has 0 aliphatic carbocycles. The maximum atomic E-state index is 9.07. The number of benzene rings is 1. The number of nitrogens with zero attached hydrogens (tertiary/aromatic N) is 1. The zero-order chi connectivity index (χ0) is 9.14. The molecule has 0 heterocycles. The minimum Gasteiger partial charge on any atom is -0.506 e. The summed E-state index contributed by atoms with van der Waals surface area (Å²) in [6.45, 7) is 0.389. The smallest absolute Gasteiger partial charge is 0.134 e. The molecule has 0 spiro atoms. The molecule has 1 rings (SSSR count). The highest BCUT2D eigenvalue weighted by Gasteiger charge is 2.00. The molecule has 0 fully saturated rings. The van der Waals surface area contributed by atoms with Crippen LogP contribution in [0, 0.1) is 0 Å². The Morgan fingerprint density at radius 1 is 1.50 bits per heavy atom. The van der Waals surface area contributed by atoms with E-state index in [-0.39, 0.29) is 5.75 Å². The summed E-state index contributed by atoms with van der Waals surface area (Å²) in [5.41, 5.74) is 0.850. The van der Waals surface area contributed by atoms with Crippen LogP contribution in [0.2, 0.25) is 5.02 Å². The molecular weight excluding hydrogens is 178 g/mol. The third-order valence-corrected chi connectivity index (χ3v) is 1.73. The van der Waals surface area contributed by atoms with Gasteiger partial charge in [0.1, 0.15) is 5.75 Å². The maximum absolute atomic E-state index is 9.07. The molecule has 0 aliphatic heterocycles. The van der Waals surface area contributed by atoms with Gasteiger partial charge in [0, 0.05) is 13.6 Å². The van der Waals surface area contributed by atoms with E-state index in [1.54, 1.807) is 19.2 Å². The van der Waals surface area contributed by atoms with E-state index in [4.69, 9.17) is 21.9 Å². The number of hydroxylamine groups is 2. The Hall–Kier alpha value is -0.770. The Kier molecular flexibility index (Phi) is 2.92. The lowest BCUT2D eigenvalue weighted by atomic mass is 10.2. The fourth-order valence-corrected chi connectivity index (χ4v) is 1.12. The molecule has 3 nitrogen and oxygen atoms in total. The number of phenolic OH excluding ortho intramolecular Hbond substituents is 1. The minimum absolute atomic E-state index is 0.0565. The molecule has 12 heavy (non-hydrogen) atoms. The van der Waals surface area contributed by atoms with Crippen molar-refractivity contribution >= 4 is 11.6 Å². The molecule has 0 atom stereocenters. The largest absolute Gasteiger partial charge is 0.506 e. The summed E-state index contributed by atoms with van der Waals surface area (Å²) in [5, 5.41) is 19.3. The highest BCUT2D eigenvalue weighted by molar-refractivity contribution is 6.32. The topological polar surface area (TPSA) is 43.7 Å². The van der Waals surface area contributed by atoms with Gasteiger partial charge in [0.25, 0.3) is 0 Å². The number of halogens is 1. The first-order valence-electron chi connectivity index (χ1n) is 3.47. The lowest BCUT2D eigenvalue weighted by molar-refractivity contribution is -0.0731. The summed E-state index contributed by atoms with van der Waals surface area (Å²) >= 11 is 5.65. The summed E-state index contributed by atoms with van der Waals surface area (Å²) < 4.78 is 0. The molecule has 0 unspecified atom stereocenters. The first kappa shape index (κ1) is 9.32. The first-order chi connectivity index (χ1) is 5.59. The third kappa shape index (κ3) is 2.37. The van der Waals surface area contributed by atoms with Gasteiger partial charge in [-0.25, -0.2) is 0 Å². The zero-order valence-corrected chi connectivity index (χ0v) is 7.41. The lowest BCUT2D eigenvalue weighted by Crippen LogP contribution is -2.11. The minimum atomic E-state index is 0.0565. The van der Waals surface area contributed by atoms with Crippen LogP contribution in [0.15, 0.2) is 18.2 Å². The third-order valence-electron chi connectivity index (χ3n) is 1.42. The van der Waals surface area contributed by atoms with E-state index in [0.717, 1.165) is 10.6 Å². The number of rotatable bonds is 2. The van der Waals surface area contributed by atoms with Crippen molar-refractivity contribution in [3.63, 3.8) is 0 Å². The first-order valence-corrected chi connectivity index (χ1v) is 3.85. The van der Waals surface area contributed by atoms with Crippen LogP contribution in [0.1, 0.15) is 5.56 Å². The summed E-state index contributed by atoms with van der Waals surface area (Å²) in [4.78, 5) is 0. The van der Waals surface area contributed by atoms with E-state index in [9.17, 15) is 0 Å². The summed E-state index contributed by atoms with van der Waals surface area (Å²) in [7, 11) is 1.54. The maximum Gasteiger partial charge on any atom is 0.134 e. The van der Waals surface area contributed by atoms with Crippen LogP contribution in [0.25, 0.3) is 0 Å². The average molecular weight is 188 g/mol. The van der Waals surface area contributed by atoms with E-state index < -0.39 is 0 Å². The average Bonchev–Trinajstić information content (AvgIpc) is 1.96. The predicted molar refractivity (Wildman–Crippen MR) is 46.4 cm³/mol. The molecule has 1 aromatic carbocycles. The standard InChI is InChI=1S/C8H10ClNO2/c1-10(12)5-6-2-3-8(11)7(9)4-6/h2-4,11-12H,5H2,1H3. The quantitative estimate of drug-likeness (QED) is 0.695. The van der Waals surface area contributed by atoms with Crippen molar-refractivity contribution in [2.75, 3.05) is 7.05 Å². The van der Waals surface area contributed by atoms with Crippen LogP contribution in [-0.2, 0) is 6.54 Å². The van der Waals surface area contributed by atoms with Crippen molar-refractivity contribution < 1.29 is 10.3 Å². The normalized spacial score (nSPS) is 10.7. The van der Waals surface area contributed by atoms with Crippen molar-refractivity contribution in [3.05, 3.63) is 28.8 Å². The van der Waals surface area contributed by atoms with Gasteiger partial charge in [-0.2, -0.15) is 5.06 Å². The fourth-order valence-electron chi connectivity index (χ4n) is 0.913. The van der Waals surface area contributed by atoms with Crippen LogP contribution in [0.5, 0.6) is 5.75 Å². The molecule has 1 aromatic rings. The Labute approximate surface area is 75.8 Å². The molecule has 66 valence electrons. The van der Waals surface area contributed by atoms with Crippen LogP contribution in [-0.4, -0.2) is 22.4 Å². The fraction of sp³-hybridized carbons (Fsp3) is 0.250. The lowest BCUT2D eigenvalue weighted by Gasteiger charge is -2.08.